The van der Waals surface area contributed by atoms with Crippen LogP contribution < -0.4 is 5.73 Å². The van der Waals surface area contributed by atoms with Crippen LogP contribution in [0.15, 0.2) is 24.3 Å². The van der Waals surface area contributed by atoms with Crippen LogP contribution in [0.5, 0.6) is 0 Å². The number of nitriles is 1. The molecule has 8 heteroatoms. The van der Waals surface area contributed by atoms with Crippen molar-refractivity contribution >= 4 is 22.5 Å². The first-order valence-electron chi connectivity index (χ1n) is 6.32. The maximum atomic E-state index is 10.8. The second-order valence-corrected chi connectivity index (χ2v) is 4.71. The van der Waals surface area contributed by atoms with E-state index in [2.05, 4.69) is 15.2 Å². The fraction of sp³-hybridized carbons (Fsp3) is 0.0714. The topological polar surface area (TPSA) is 135 Å². The normalized spacial score (nSPS) is 10.5. The molecule has 108 valence electrons. The number of aromatic nitrogens is 3. The average molecular weight is 294 g/mol. The number of non-ortho nitro benzene ring substituents is 1. The number of hydrogen-bond acceptors (Lipinski definition) is 6. The maximum Gasteiger partial charge on any atom is 0.269 e. The lowest BCUT2D eigenvalue weighted by molar-refractivity contribution is -0.384. The summed E-state index contributed by atoms with van der Waals surface area (Å²) in [6.07, 6.45) is 0. The zero-order valence-corrected chi connectivity index (χ0v) is 11.5. The van der Waals surface area contributed by atoms with E-state index >= 15 is 0 Å². The van der Waals surface area contributed by atoms with Crippen molar-refractivity contribution in [3.63, 3.8) is 0 Å². The van der Waals surface area contributed by atoms with Crippen molar-refractivity contribution in [3.05, 3.63) is 45.6 Å². The molecular weight excluding hydrogens is 284 g/mol. The van der Waals surface area contributed by atoms with Gasteiger partial charge >= 0.3 is 0 Å². The highest BCUT2D eigenvalue weighted by Gasteiger charge is 2.19. The number of H-pyrrole nitrogens is 1. The van der Waals surface area contributed by atoms with Gasteiger partial charge in [-0.15, -0.1) is 0 Å². The third kappa shape index (κ3) is 1.92. The molecule has 0 spiro atoms. The number of benzene rings is 1. The molecule has 3 aromatic rings. The van der Waals surface area contributed by atoms with Gasteiger partial charge in [-0.3, -0.25) is 15.2 Å². The number of nitrogen functional groups attached to an aromatic ring is 1. The van der Waals surface area contributed by atoms with E-state index in [0.717, 1.165) is 5.69 Å². The van der Waals surface area contributed by atoms with E-state index in [9.17, 15) is 15.4 Å². The molecule has 0 atom stereocenters. The summed E-state index contributed by atoms with van der Waals surface area (Å²) in [5, 5.41) is 27.7. The molecule has 0 radical (unpaired) electrons. The SMILES string of the molecule is Cc1[nH]nc2nc(N)c(C#N)c(-c3ccc([N+](=O)[O-])cc3)c12. The molecule has 0 unspecified atom stereocenters. The van der Waals surface area contributed by atoms with Gasteiger partial charge in [-0.1, -0.05) is 0 Å². The number of anilines is 1. The van der Waals surface area contributed by atoms with Crippen LogP contribution in [0.25, 0.3) is 22.2 Å². The Bertz CT molecular complexity index is 937. The first kappa shape index (κ1) is 13.5. The molecular formula is C14H10N6O2. The Morgan fingerprint density at radius 3 is 2.64 bits per heavy atom. The molecule has 0 amide bonds. The summed E-state index contributed by atoms with van der Waals surface area (Å²) in [5.41, 5.74) is 8.40. The van der Waals surface area contributed by atoms with Gasteiger partial charge in [-0.25, -0.2) is 4.98 Å². The quantitative estimate of drug-likeness (QED) is 0.550. The van der Waals surface area contributed by atoms with Crippen molar-refractivity contribution in [3.8, 4) is 17.2 Å². The molecule has 3 rings (SSSR count). The van der Waals surface area contributed by atoms with E-state index in [4.69, 9.17) is 5.73 Å². The number of rotatable bonds is 2. The lowest BCUT2D eigenvalue weighted by Crippen LogP contribution is -1.99. The third-order valence-corrected chi connectivity index (χ3v) is 3.39. The van der Waals surface area contributed by atoms with E-state index in [-0.39, 0.29) is 17.1 Å². The summed E-state index contributed by atoms with van der Waals surface area (Å²) in [6, 6.07) is 7.98. The highest BCUT2D eigenvalue weighted by molar-refractivity contribution is 5.99. The summed E-state index contributed by atoms with van der Waals surface area (Å²) in [5.74, 6) is 0.0786. The average Bonchev–Trinajstić information content (AvgIpc) is 2.87. The Morgan fingerprint density at radius 1 is 1.36 bits per heavy atom. The Labute approximate surface area is 124 Å². The number of nitrogens with two attached hydrogens (primary N) is 1. The second-order valence-electron chi connectivity index (χ2n) is 4.71. The monoisotopic (exact) mass is 294 g/mol. The predicted octanol–water partition coefficient (Wildman–Crippen LogP) is 2.30. The van der Waals surface area contributed by atoms with Gasteiger partial charge in [0.25, 0.3) is 5.69 Å². The number of nitro groups is 1. The Hall–Kier alpha value is -3.47. The van der Waals surface area contributed by atoms with E-state index in [1.807, 2.05) is 13.0 Å². The standard InChI is InChI=1S/C14H10N6O2/c1-7-11-12(8-2-4-9(5-3-8)20(21)22)10(6-15)13(16)17-14(11)19-18-7/h2-5H,1H3,(H3,16,17,18,19). The molecule has 0 aliphatic carbocycles. The van der Waals surface area contributed by atoms with Crippen LogP contribution in [0.3, 0.4) is 0 Å². The summed E-state index contributed by atoms with van der Waals surface area (Å²) in [7, 11) is 0. The van der Waals surface area contributed by atoms with Crippen molar-refractivity contribution < 1.29 is 4.92 Å². The minimum atomic E-state index is -0.478. The largest absolute Gasteiger partial charge is 0.383 e. The smallest absolute Gasteiger partial charge is 0.269 e. The minimum absolute atomic E-state index is 0.0237. The van der Waals surface area contributed by atoms with E-state index in [1.165, 1.54) is 12.1 Å². The van der Waals surface area contributed by atoms with Gasteiger partial charge in [0.1, 0.15) is 17.5 Å². The van der Waals surface area contributed by atoms with Crippen molar-refractivity contribution in [2.45, 2.75) is 6.92 Å². The Morgan fingerprint density at radius 2 is 2.05 bits per heavy atom. The number of fused-ring (bicyclic) bond motifs is 1. The predicted molar refractivity (Wildman–Crippen MR) is 79.8 cm³/mol. The highest BCUT2D eigenvalue weighted by atomic mass is 16.6. The Balaban J connectivity index is 2.35. The van der Waals surface area contributed by atoms with Crippen LogP contribution in [-0.2, 0) is 0 Å². The number of aromatic amines is 1. The fourth-order valence-electron chi connectivity index (χ4n) is 2.37. The first-order valence-corrected chi connectivity index (χ1v) is 6.32. The second kappa shape index (κ2) is 4.82. The van der Waals surface area contributed by atoms with Gasteiger partial charge in [0.2, 0.25) is 0 Å². The summed E-state index contributed by atoms with van der Waals surface area (Å²) in [6.45, 7) is 1.81. The van der Waals surface area contributed by atoms with Crippen LogP contribution in [0, 0.1) is 28.4 Å². The molecule has 22 heavy (non-hydrogen) atoms. The van der Waals surface area contributed by atoms with Gasteiger partial charge in [-0.2, -0.15) is 10.4 Å². The number of aryl methyl sites for hydroxylation is 1. The van der Waals surface area contributed by atoms with Crippen LogP contribution in [0.2, 0.25) is 0 Å². The fourth-order valence-corrected chi connectivity index (χ4v) is 2.37. The third-order valence-electron chi connectivity index (χ3n) is 3.39. The molecule has 0 saturated carbocycles. The molecule has 0 bridgehead atoms. The molecule has 8 nitrogen and oxygen atoms in total. The van der Waals surface area contributed by atoms with Crippen molar-refractivity contribution in [1.29, 1.82) is 5.26 Å². The number of pyridine rings is 1. The molecule has 3 N–H and O–H groups in total. The first-order chi connectivity index (χ1) is 10.5. The van der Waals surface area contributed by atoms with Gasteiger partial charge in [-0.05, 0) is 24.6 Å². The van der Waals surface area contributed by atoms with Gasteiger partial charge in [0.05, 0.1) is 10.3 Å². The Kier molecular flexibility index (Phi) is 2.96. The van der Waals surface area contributed by atoms with E-state index < -0.39 is 4.92 Å². The van der Waals surface area contributed by atoms with Crippen LogP contribution >= 0.6 is 0 Å². The zero-order chi connectivity index (χ0) is 15.9. The van der Waals surface area contributed by atoms with Gasteiger partial charge in [0, 0.05) is 23.4 Å². The zero-order valence-electron chi connectivity index (χ0n) is 11.5. The van der Waals surface area contributed by atoms with Crippen LogP contribution in [0.4, 0.5) is 11.5 Å². The van der Waals surface area contributed by atoms with Crippen molar-refractivity contribution in [2.24, 2.45) is 0 Å². The number of nitrogens with one attached hydrogen (secondary N) is 1. The number of nitro benzene ring substituents is 1. The van der Waals surface area contributed by atoms with Gasteiger partial charge < -0.3 is 5.73 Å². The van der Waals surface area contributed by atoms with E-state index in [0.29, 0.717) is 22.2 Å². The van der Waals surface area contributed by atoms with E-state index in [1.54, 1.807) is 12.1 Å². The molecule has 0 aliphatic rings. The molecule has 0 fully saturated rings. The minimum Gasteiger partial charge on any atom is -0.383 e. The number of hydrogen-bond donors (Lipinski definition) is 2. The summed E-state index contributed by atoms with van der Waals surface area (Å²) in [4.78, 5) is 14.4. The molecule has 2 aromatic heterocycles. The molecule has 0 saturated heterocycles. The lowest BCUT2D eigenvalue weighted by Gasteiger charge is -2.08. The molecule has 2 heterocycles. The van der Waals surface area contributed by atoms with Crippen molar-refractivity contribution in [2.75, 3.05) is 5.73 Å². The summed E-state index contributed by atoms with van der Waals surface area (Å²) >= 11 is 0. The van der Waals surface area contributed by atoms with Crippen LogP contribution in [-0.4, -0.2) is 20.1 Å². The molecule has 1 aromatic carbocycles. The highest BCUT2D eigenvalue weighted by Crippen LogP contribution is 2.35. The van der Waals surface area contributed by atoms with Gasteiger partial charge in [0.15, 0.2) is 5.65 Å². The maximum absolute atomic E-state index is 10.8. The molecule has 0 aliphatic heterocycles. The number of nitrogens with zero attached hydrogens (tertiary/aromatic N) is 4. The lowest BCUT2D eigenvalue weighted by atomic mass is 9.97. The van der Waals surface area contributed by atoms with Crippen molar-refractivity contribution in [1.82, 2.24) is 15.2 Å². The van der Waals surface area contributed by atoms with Crippen LogP contribution in [0.1, 0.15) is 11.3 Å². The summed E-state index contributed by atoms with van der Waals surface area (Å²) < 4.78 is 0.